The summed E-state index contributed by atoms with van der Waals surface area (Å²) < 4.78 is 26.8. The van der Waals surface area contributed by atoms with Crippen molar-refractivity contribution in [2.45, 2.75) is 24.9 Å². The second-order valence-corrected chi connectivity index (χ2v) is 6.07. The minimum absolute atomic E-state index is 0.0426. The first-order valence-corrected chi connectivity index (χ1v) is 7.70. The quantitative estimate of drug-likeness (QED) is 0.893. The summed E-state index contributed by atoms with van der Waals surface area (Å²) in [6.07, 6.45) is 0.893. The Morgan fingerprint density at radius 1 is 1.30 bits per heavy atom. The van der Waals surface area contributed by atoms with Crippen LogP contribution in [0, 0.1) is 11.6 Å². The van der Waals surface area contributed by atoms with Crippen molar-refractivity contribution in [3.63, 3.8) is 0 Å². The molecule has 0 aliphatic carbocycles. The van der Waals surface area contributed by atoms with Crippen LogP contribution in [0.5, 0.6) is 0 Å². The summed E-state index contributed by atoms with van der Waals surface area (Å²) in [7, 11) is 0. The van der Waals surface area contributed by atoms with Crippen LogP contribution in [0.1, 0.15) is 18.4 Å². The van der Waals surface area contributed by atoms with Crippen molar-refractivity contribution in [1.29, 1.82) is 0 Å². The van der Waals surface area contributed by atoms with Crippen molar-refractivity contribution < 1.29 is 18.7 Å². The summed E-state index contributed by atoms with van der Waals surface area (Å²) in [4.78, 5) is 11.9. The minimum atomic E-state index is -1.33. The van der Waals surface area contributed by atoms with Gasteiger partial charge in [0.1, 0.15) is 17.2 Å². The second-order valence-electron chi connectivity index (χ2n) is 4.85. The molecule has 110 valence electrons. The number of benzene rings is 1. The van der Waals surface area contributed by atoms with Crippen molar-refractivity contribution in [1.82, 2.24) is 5.32 Å². The summed E-state index contributed by atoms with van der Waals surface area (Å²) in [5.74, 6) is -0.203. The Morgan fingerprint density at radius 2 is 1.90 bits per heavy atom. The number of hydrogen-bond acceptors (Lipinski definition) is 3. The van der Waals surface area contributed by atoms with E-state index in [0.717, 1.165) is 11.5 Å². The number of carbonyl (C=O) groups is 1. The maximum atomic E-state index is 13.4. The summed E-state index contributed by atoms with van der Waals surface area (Å²) in [5, 5.41) is 12.7. The first-order valence-electron chi connectivity index (χ1n) is 6.54. The molecule has 3 nitrogen and oxygen atoms in total. The van der Waals surface area contributed by atoms with Gasteiger partial charge >= 0.3 is 0 Å². The van der Waals surface area contributed by atoms with Crippen LogP contribution in [0.3, 0.4) is 0 Å². The standard InChI is InChI=1S/C14H17F2NO2S/c15-11-2-1-3-12(16)10(11)4-7-17-13(18)14(19)5-8-20-9-6-14/h1-3,19H,4-9H2,(H,17,18). The highest BCUT2D eigenvalue weighted by molar-refractivity contribution is 7.99. The van der Waals surface area contributed by atoms with E-state index in [1.54, 1.807) is 11.8 Å². The van der Waals surface area contributed by atoms with Crippen LogP contribution in [0.15, 0.2) is 18.2 Å². The number of carbonyl (C=O) groups excluding carboxylic acids is 1. The smallest absolute Gasteiger partial charge is 0.252 e. The Labute approximate surface area is 120 Å². The largest absolute Gasteiger partial charge is 0.380 e. The van der Waals surface area contributed by atoms with Crippen molar-refractivity contribution >= 4 is 17.7 Å². The van der Waals surface area contributed by atoms with Gasteiger partial charge in [0.2, 0.25) is 0 Å². The van der Waals surface area contributed by atoms with E-state index in [1.807, 2.05) is 0 Å². The van der Waals surface area contributed by atoms with Gasteiger partial charge in [-0.15, -0.1) is 0 Å². The fourth-order valence-corrected chi connectivity index (χ4v) is 3.34. The van der Waals surface area contributed by atoms with Gasteiger partial charge in [-0.2, -0.15) is 11.8 Å². The van der Waals surface area contributed by atoms with Crippen LogP contribution in [0.4, 0.5) is 8.78 Å². The van der Waals surface area contributed by atoms with Crippen LogP contribution in [-0.2, 0) is 11.2 Å². The molecular formula is C14H17F2NO2S. The molecule has 0 aromatic heterocycles. The predicted octanol–water partition coefficient (Wildman–Crippen LogP) is 1.88. The number of hydrogen-bond donors (Lipinski definition) is 2. The predicted molar refractivity (Wildman–Crippen MR) is 74.6 cm³/mol. The van der Waals surface area contributed by atoms with E-state index < -0.39 is 23.1 Å². The molecule has 1 aromatic carbocycles. The molecule has 0 radical (unpaired) electrons. The lowest BCUT2D eigenvalue weighted by atomic mass is 9.95. The van der Waals surface area contributed by atoms with Gasteiger partial charge in [-0.1, -0.05) is 6.07 Å². The van der Waals surface area contributed by atoms with Gasteiger partial charge in [0.25, 0.3) is 5.91 Å². The number of amides is 1. The maximum Gasteiger partial charge on any atom is 0.252 e. The van der Waals surface area contributed by atoms with Gasteiger partial charge in [0.05, 0.1) is 0 Å². The number of halogens is 2. The third-order valence-electron chi connectivity index (χ3n) is 3.46. The van der Waals surface area contributed by atoms with E-state index in [9.17, 15) is 18.7 Å². The fourth-order valence-electron chi connectivity index (χ4n) is 2.17. The molecular weight excluding hydrogens is 284 g/mol. The molecule has 1 saturated heterocycles. The Hall–Kier alpha value is -1.14. The SMILES string of the molecule is O=C(NCCc1c(F)cccc1F)C1(O)CCSCC1. The van der Waals surface area contributed by atoms with E-state index in [1.165, 1.54) is 18.2 Å². The molecule has 20 heavy (non-hydrogen) atoms. The Bertz CT molecular complexity index is 470. The molecule has 1 aromatic rings. The zero-order chi connectivity index (χ0) is 14.6. The number of rotatable bonds is 4. The highest BCUT2D eigenvalue weighted by atomic mass is 32.2. The lowest BCUT2D eigenvalue weighted by Gasteiger charge is -2.30. The molecule has 1 aliphatic heterocycles. The fraction of sp³-hybridized carbons (Fsp3) is 0.500. The molecule has 2 rings (SSSR count). The summed E-state index contributed by atoms with van der Waals surface area (Å²) >= 11 is 1.70. The lowest BCUT2D eigenvalue weighted by molar-refractivity contribution is -0.140. The minimum Gasteiger partial charge on any atom is -0.380 e. The van der Waals surface area contributed by atoms with Crippen LogP contribution < -0.4 is 5.32 Å². The zero-order valence-electron chi connectivity index (χ0n) is 11.0. The number of nitrogens with one attached hydrogen (secondary N) is 1. The van der Waals surface area contributed by atoms with E-state index in [2.05, 4.69) is 5.32 Å². The normalized spacial score (nSPS) is 17.8. The van der Waals surface area contributed by atoms with Crippen molar-refractivity contribution in [3.05, 3.63) is 35.4 Å². The first-order chi connectivity index (χ1) is 9.53. The number of thioether (sulfide) groups is 1. The highest BCUT2D eigenvalue weighted by Crippen LogP contribution is 2.27. The Kier molecular flexibility index (Phi) is 4.99. The van der Waals surface area contributed by atoms with Gasteiger partial charge in [0.15, 0.2) is 0 Å². The third kappa shape index (κ3) is 3.49. The van der Waals surface area contributed by atoms with Crippen molar-refractivity contribution in [2.75, 3.05) is 18.1 Å². The molecule has 0 atom stereocenters. The molecule has 1 amide bonds. The average molecular weight is 301 g/mol. The monoisotopic (exact) mass is 301 g/mol. The first kappa shape index (κ1) is 15.3. The van der Waals surface area contributed by atoms with Gasteiger partial charge in [-0.3, -0.25) is 4.79 Å². The van der Waals surface area contributed by atoms with Gasteiger partial charge < -0.3 is 10.4 Å². The Balaban J connectivity index is 1.88. The maximum absolute atomic E-state index is 13.4. The molecule has 2 N–H and O–H groups in total. The second kappa shape index (κ2) is 6.54. The Morgan fingerprint density at radius 3 is 2.50 bits per heavy atom. The molecule has 0 bridgehead atoms. The van der Waals surface area contributed by atoms with Crippen molar-refractivity contribution in [3.8, 4) is 0 Å². The third-order valence-corrected chi connectivity index (χ3v) is 4.45. The van der Waals surface area contributed by atoms with Crippen LogP contribution in [0.25, 0.3) is 0 Å². The average Bonchev–Trinajstić information content (AvgIpc) is 2.42. The van der Waals surface area contributed by atoms with E-state index in [0.29, 0.717) is 12.8 Å². The van der Waals surface area contributed by atoms with Crippen molar-refractivity contribution in [2.24, 2.45) is 0 Å². The molecule has 1 aliphatic rings. The lowest BCUT2D eigenvalue weighted by Crippen LogP contribution is -2.49. The van der Waals surface area contributed by atoms with E-state index >= 15 is 0 Å². The topological polar surface area (TPSA) is 49.3 Å². The zero-order valence-corrected chi connectivity index (χ0v) is 11.8. The molecule has 1 heterocycles. The van der Waals surface area contributed by atoms with Gasteiger partial charge in [-0.25, -0.2) is 8.78 Å². The van der Waals surface area contributed by atoms with E-state index in [-0.39, 0.29) is 18.5 Å². The highest BCUT2D eigenvalue weighted by Gasteiger charge is 2.37. The molecule has 0 unspecified atom stereocenters. The molecule has 1 fully saturated rings. The molecule has 6 heteroatoms. The van der Waals surface area contributed by atoms with E-state index in [4.69, 9.17) is 0 Å². The van der Waals surface area contributed by atoms with Crippen LogP contribution in [-0.4, -0.2) is 34.7 Å². The molecule has 0 saturated carbocycles. The summed E-state index contributed by atoms with van der Waals surface area (Å²) in [5.41, 5.74) is -1.38. The van der Waals surface area contributed by atoms with Crippen LogP contribution >= 0.6 is 11.8 Å². The van der Waals surface area contributed by atoms with Gasteiger partial charge in [0, 0.05) is 12.1 Å². The summed E-state index contributed by atoms with van der Waals surface area (Å²) in [6, 6.07) is 3.67. The number of aliphatic hydroxyl groups is 1. The van der Waals surface area contributed by atoms with Crippen LogP contribution in [0.2, 0.25) is 0 Å². The van der Waals surface area contributed by atoms with Gasteiger partial charge in [-0.05, 0) is 42.9 Å². The molecule has 0 spiro atoms. The summed E-state index contributed by atoms with van der Waals surface area (Å²) in [6.45, 7) is 0.103.